The maximum absolute atomic E-state index is 4.53. The molecule has 1 fully saturated rings. The van der Waals surface area contributed by atoms with Gasteiger partial charge in [0.05, 0.1) is 0 Å². The highest BCUT2D eigenvalue weighted by atomic mass is 79.9. The van der Waals surface area contributed by atoms with Gasteiger partial charge in [-0.05, 0) is 23.5 Å². The number of aryl methyl sites for hydroxylation is 1. The molecule has 1 aliphatic heterocycles. The van der Waals surface area contributed by atoms with Crippen molar-refractivity contribution in [3.05, 3.63) is 23.4 Å². The summed E-state index contributed by atoms with van der Waals surface area (Å²) in [7, 11) is 0. The van der Waals surface area contributed by atoms with Gasteiger partial charge < -0.3 is 4.90 Å². The number of halogens is 1. The Bertz CT molecular complexity index is 366. The fraction of sp³-hybridized carbons (Fsp3) is 0.583. The molecule has 0 N–H and O–H groups in total. The lowest BCUT2D eigenvalue weighted by molar-refractivity contribution is 0.274. The highest BCUT2D eigenvalue weighted by molar-refractivity contribution is 9.08. The van der Waals surface area contributed by atoms with E-state index in [1.165, 1.54) is 11.1 Å². The highest BCUT2D eigenvalue weighted by Crippen LogP contribution is 2.33. The molecule has 1 saturated heterocycles. The third-order valence-corrected chi connectivity index (χ3v) is 3.45. The largest absolute Gasteiger partial charge is 0.355 e. The second kappa shape index (κ2) is 3.78. The Morgan fingerprint density at radius 2 is 2.13 bits per heavy atom. The summed E-state index contributed by atoms with van der Waals surface area (Å²) in [4.78, 5) is 6.89. The summed E-state index contributed by atoms with van der Waals surface area (Å²) >= 11 is 3.45. The van der Waals surface area contributed by atoms with Crippen molar-refractivity contribution in [2.24, 2.45) is 5.41 Å². The summed E-state index contributed by atoms with van der Waals surface area (Å²) in [5.41, 5.74) is 2.99. The van der Waals surface area contributed by atoms with E-state index in [1.807, 2.05) is 6.20 Å². The van der Waals surface area contributed by atoms with Gasteiger partial charge in [0.2, 0.25) is 0 Å². The van der Waals surface area contributed by atoms with Gasteiger partial charge in [-0.3, -0.25) is 0 Å². The maximum atomic E-state index is 4.53. The topological polar surface area (TPSA) is 16.1 Å². The van der Waals surface area contributed by atoms with Crippen LogP contribution in [0.1, 0.15) is 25.0 Å². The second-order valence-corrected chi connectivity index (χ2v) is 5.70. The summed E-state index contributed by atoms with van der Waals surface area (Å²) in [6.07, 6.45) is 1.96. The van der Waals surface area contributed by atoms with Crippen molar-refractivity contribution in [3.8, 4) is 0 Å². The quantitative estimate of drug-likeness (QED) is 0.767. The Balaban J connectivity index is 2.17. The minimum Gasteiger partial charge on any atom is -0.355 e. The number of alkyl halides is 1. The van der Waals surface area contributed by atoms with Crippen molar-refractivity contribution in [1.29, 1.82) is 0 Å². The predicted octanol–water partition coefficient (Wildman–Crippen LogP) is 3.13. The molecule has 0 radical (unpaired) electrons. The monoisotopic (exact) mass is 268 g/mol. The molecule has 0 unspecified atom stereocenters. The van der Waals surface area contributed by atoms with E-state index in [-0.39, 0.29) is 0 Å². The molecule has 1 aliphatic rings. The molecule has 2 rings (SSSR count). The average Bonchev–Trinajstić information content (AvgIpc) is 2.14. The first-order valence-corrected chi connectivity index (χ1v) is 6.40. The normalized spacial score (nSPS) is 18.8. The first kappa shape index (κ1) is 10.9. The molecule has 0 spiro atoms. The number of hydrogen-bond donors (Lipinski definition) is 0. The summed E-state index contributed by atoms with van der Waals surface area (Å²) in [6, 6.07) is 2.21. The molecule has 0 amide bonds. The lowest BCUT2D eigenvalue weighted by Gasteiger charge is -2.47. The molecule has 2 heterocycles. The minimum absolute atomic E-state index is 0.461. The smallest absolute Gasteiger partial charge is 0.131 e. The van der Waals surface area contributed by atoms with Crippen molar-refractivity contribution in [3.63, 3.8) is 0 Å². The van der Waals surface area contributed by atoms with E-state index < -0.39 is 0 Å². The summed E-state index contributed by atoms with van der Waals surface area (Å²) in [6.45, 7) is 8.97. The number of nitrogens with zero attached hydrogens (tertiary/aromatic N) is 2. The molecule has 2 nitrogen and oxygen atoms in total. The number of rotatable bonds is 2. The third kappa shape index (κ3) is 2.17. The van der Waals surface area contributed by atoms with Crippen molar-refractivity contribution >= 4 is 21.7 Å². The van der Waals surface area contributed by atoms with Crippen molar-refractivity contribution in [2.75, 3.05) is 18.0 Å². The Morgan fingerprint density at radius 3 is 2.60 bits per heavy atom. The molecular weight excluding hydrogens is 252 g/mol. The van der Waals surface area contributed by atoms with Crippen LogP contribution < -0.4 is 4.90 Å². The van der Waals surface area contributed by atoms with Crippen LogP contribution in [0.3, 0.4) is 0 Å². The van der Waals surface area contributed by atoms with E-state index in [9.17, 15) is 0 Å². The van der Waals surface area contributed by atoms with Crippen molar-refractivity contribution in [1.82, 2.24) is 4.98 Å². The first-order valence-electron chi connectivity index (χ1n) is 5.28. The van der Waals surface area contributed by atoms with E-state index in [4.69, 9.17) is 0 Å². The summed E-state index contributed by atoms with van der Waals surface area (Å²) < 4.78 is 0. The zero-order valence-electron chi connectivity index (χ0n) is 9.55. The van der Waals surface area contributed by atoms with Crippen LogP contribution in [0.4, 0.5) is 5.82 Å². The van der Waals surface area contributed by atoms with E-state index in [0.29, 0.717) is 5.41 Å². The SMILES string of the molecule is Cc1cc(CBr)cnc1N1CC(C)(C)C1. The van der Waals surface area contributed by atoms with Crippen LogP contribution >= 0.6 is 15.9 Å². The van der Waals surface area contributed by atoms with E-state index >= 15 is 0 Å². The van der Waals surface area contributed by atoms with Gasteiger partial charge >= 0.3 is 0 Å². The number of anilines is 1. The standard InChI is InChI=1S/C12H17BrN2/c1-9-4-10(5-13)6-14-11(9)15-7-12(2,3)8-15/h4,6H,5,7-8H2,1-3H3. The Morgan fingerprint density at radius 1 is 1.47 bits per heavy atom. The second-order valence-electron chi connectivity index (χ2n) is 5.14. The van der Waals surface area contributed by atoms with Crippen LogP contribution in [0, 0.1) is 12.3 Å². The first-order chi connectivity index (χ1) is 7.02. The summed E-state index contributed by atoms with van der Waals surface area (Å²) in [5, 5.41) is 0.882. The van der Waals surface area contributed by atoms with Gasteiger partial charge in [0, 0.05) is 24.6 Å². The lowest BCUT2D eigenvalue weighted by Crippen LogP contribution is -2.53. The van der Waals surface area contributed by atoms with Gasteiger partial charge in [0.1, 0.15) is 5.82 Å². The number of hydrogen-bond acceptors (Lipinski definition) is 2. The molecule has 0 bridgehead atoms. The van der Waals surface area contributed by atoms with Crippen LogP contribution in [0.25, 0.3) is 0 Å². The van der Waals surface area contributed by atoms with Gasteiger partial charge in [-0.2, -0.15) is 0 Å². The Kier molecular flexibility index (Phi) is 2.75. The van der Waals surface area contributed by atoms with Gasteiger partial charge in [0.25, 0.3) is 0 Å². The molecule has 0 aliphatic carbocycles. The van der Waals surface area contributed by atoms with Crippen LogP contribution in [-0.4, -0.2) is 18.1 Å². The van der Waals surface area contributed by atoms with E-state index in [2.05, 4.69) is 52.7 Å². The average molecular weight is 269 g/mol. The molecule has 1 aromatic heterocycles. The highest BCUT2D eigenvalue weighted by Gasteiger charge is 2.35. The Labute approximate surface area is 99.8 Å². The zero-order valence-corrected chi connectivity index (χ0v) is 11.1. The molecular formula is C12H17BrN2. The molecule has 15 heavy (non-hydrogen) atoms. The third-order valence-electron chi connectivity index (χ3n) is 2.80. The van der Waals surface area contributed by atoms with Gasteiger partial charge in [0.15, 0.2) is 0 Å². The van der Waals surface area contributed by atoms with Crippen LogP contribution in [0.5, 0.6) is 0 Å². The van der Waals surface area contributed by atoms with Gasteiger partial charge in [-0.15, -0.1) is 0 Å². The van der Waals surface area contributed by atoms with Gasteiger partial charge in [-0.25, -0.2) is 4.98 Å². The molecule has 1 aromatic rings. The molecule has 82 valence electrons. The number of pyridine rings is 1. The number of aromatic nitrogens is 1. The fourth-order valence-corrected chi connectivity index (χ4v) is 2.47. The molecule has 0 aromatic carbocycles. The van der Waals surface area contributed by atoms with E-state index in [0.717, 1.165) is 24.2 Å². The zero-order chi connectivity index (χ0) is 11.1. The van der Waals surface area contributed by atoms with Crippen molar-refractivity contribution in [2.45, 2.75) is 26.1 Å². The molecule has 0 saturated carbocycles. The molecule has 3 heteroatoms. The summed E-state index contributed by atoms with van der Waals surface area (Å²) in [5.74, 6) is 1.15. The van der Waals surface area contributed by atoms with E-state index in [1.54, 1.807) is 0 Å². The predicted molar refractivity (Wildman–Crippen MR) is 67.6 cm³/mol. The molecule has 0 atom stereocenters. The Hall–Kier alpha value is -0.570. The van der Waals surface area contributed by atoms with Crippen molar-refractivity contribution < 1.29 is 0 Å². The van der Waals surface area contributed by atoms with Crippen LogP contribution in [0.15, 0.2) is 12.3 Å². The maximum Gasteiger partial charge on any atom is 0.131 e. The van der Waals surface area contributed by atoms with Crippen LogP contribution in [0.2, 0.25) is 0 Å². The van der Waals surface area contributed by atoms with Crippen LogP contribution in [-0.2, 0) is 5.33 Å². The van der Waals surface area contributed by atoms with Gasteiger partial charge in [-0.1, -0.05) is 35.8 Å². The lowest BCUT2D eigenvalue weighted by atomic mass is 9.84. The fourth-order valence-electron chi connectivity index (χ4n) is 2.17. The minimum atomic E-state index is 0.461.